The number of hydrogen-bond donors (Lipinski definition) is 2. The van der Waals surface area contributed by atoms with Crippen LogP contribution in [-0.4, -0.2) is 56.0 Å². The molecular weight excluding hydrogens is 320 g/mol. The summed E-state index contributed by atoms with van der Waals surface area (Å²) < 4.78 is 7.42. The van der Waals surface area contributed by atoms with Gasteiger partial charge < -0.3 is 19.9 Å². The first kappa shape index (κ1) is 16.0. The fraction of sp³-hybridized carbons (Fsp3) is 0.500. The average molecular weight is 342 g/mol. The molecule has 0 saturated carbocycles. The van der Waals surface area contributed by atoms with Gasteiger partial charge >= 0.3 is 0 Å². The highest BCUT2D eigenvalue weighted by atomic mass is 16.5. The maximum Gasteiger partial charge on any atom is 0.183 e. The maximum atomic E-state index is 5.44. The van der Waals surface area contributed by atoms with Gasteiger partial charge in [0.1, 0.15) is 11.3 Å². The Morgan fingerprint density at radius 3 is 2.96 bits per heavy atom. The van der Waals surface area contributed by atoms with Gasteiger partial charge in [0.15, 0.2) is 11.5 Å². The van der Waals surface area contributed by atoms with Crippen LogP contribution in [-0.2, 0) is 24.4 Å². The van der Waals surface area contributed by atoms with E-state index in [9.17, 15) is 0 Å². The maximum absolute atomic E-state index is 5.44. The van der Waals surface area contributed by atoms with E-state index in [0.29, 0.717) is 25.4 Å². The second-order valence-corrected chi connectivity index (χ2v) is 5.91. The van der Waals surface area contributed by atoms with Crippen LogP contribution in [0.1, 0.15) is 18.4 Å². The number of anilines is 1. The van der Waals surface area contributed by atoms with E-state index in [-0.39, 0.29) is 0 Å². The molecule has 1 aliphatic heterocycles. The van der Waals surface area contributed by atoms with E-state index in [0.717, 1.165) is 49.0 Å². The van der Waals surface area contributed by atoms with Gasteiger partial charge in [0, 0.05) is 32.4 Å². The first-order chi connectivity index (χ1) is 12.3. The minimum absolute atomic E-state index is 0.578. The number of hydrogen-bond acceptors (Lipinski definition) is 7. The lowest BCUT2D eigenvalue weighted by atomic mass is 10.3. The van der Waals surface area contributed by atoms with E-state index >= 15 is 0 Å². The highest BCUT2D eigenvalue weighted by Gasteiger charge is 2.18. The SMILES string of the molecule is CCn1nccc1CNCc1nc(N2CCOCC2)c2[nH]cnc2n1. The molecule has 0 radical (unpaired) electrons. The summed E-state index contributed by atoms with van der Waals surface area (Å²) in [6.45, 7) is 7.34. The van der Waals surface area contributed by atoms with E-state index in [4.69, 9.17) is 9.72 Å². The van der Waals surface area contributed by atoms with Crippen molar-refractivity contribution in [2.45, 2.75) is 26.6 Å². The number of H-pyrrole nitrogens is 1. The summed E-state index contributed by atoms with van der Waals surface area (Å²) in [7, 11) is 0. The van der Waals surface area contributed by atoms with Crippen LogP contribution in [0.4, 0.5) is 5.82 Å². The molecule has 0 aromatic carbocycles. The van der Waals surface area contributed by atoms with Crippen molar-refractivity contribution < 1.29 is 4.74 Å². The first-order valence-electron chi connectivity index (χ1n) is 8.59. The molecule has 0 aliphatic carbocycles. The molecule has 9 nitrogen and oxygen atoms in total. The molecule has 0 bridgehead atoms. The van der Waals surface area contributed by atoms with Crippen LogP contribution < -0.4 is 10.2 Å². The summed E-state index contributed by atoms with van der Waals surface area (Å²) >= 11 is 0. The number of nitrogens with zero attached hydrogens (tertiary/aromatic N) is 6. The van der Waals surface area contributed by atoms with E-state index in [2.05, 4.69) is 37.2 Å². The van der Waals surface area contributed by atoms with Gasteiger partial charge in [0.05, 0.1) is 31.8 Å². The van der Waals surface area contributed by atoms with Gasteiger partial charge in [-0.15, -0.1) is 0 Å². The third kappa shape index (κ3) is 3.33. The van der Waals surface area contributed by atoms with Gasteiger partial charge in [0.25, 0.3) is 0 Å². The summed E-state index contributed by atoms with van der Waals surface area (Å²) in [4.78, 5) is 19.0. The van der Waals surface area contributed by atoms with E-state index in [1.807, 2.05) is 16.9 Å². The Morgan fingerprint density at radius 2 is 2.12 bits per heavy atom. The topological polar surface area (TPSA) is 96.8 Å². The van der Waals surface area contributed by atoms with Crippen molar-refractivity contribution in [2.75, 3.05) is 31.2 Å². The Morgan fingerprint density at radius 1 is 1.24 bits per heavy atom. The van der Waals surface area contributed by atoms with Gasteiger partial charge in [-0.3, -0.25) is 4.68 Å². The number of aryl methyl sites for hydroxylation is 1. The number of fused-ring (bicyclic) bond motifs is 1. The largest absolute Gasteiger partial charge is 0.378 e. The van der Waals surface area contributed by atoms with Crippen LogP contribution in [0.5, 0.6) is 0 Å². The number of morpholine rings is 1. The van der Waals surface area contributed by atoms with Crippen molar-refractivity contribution in [2.24, 2.45) is 0 Å². The van der Waals surface area contributed by atoms with Crippen LogP contribution in [0.2, 0.25) is 0 Å². The van der Waals surface area contributed by atoms with Crippen molar-refractivity contribution >= 4 is 17.0 Å². The number of aromatic amines is 1. The van der Waals surface area contributed by atoms with Crippen LogP contribution in [0.25, 0.3) is 11.2 Å². The number of nitrogens with one attached hydrogen (secondary N) is 2. The zero-order valence-corrected chi connectivity index (χ0v) is 14.3. The zero-order chi connectivity index (χ0) is 17.1. The lowest BCUT2D eigenvalue weighted by Crippen LogP contribution is -2.37. The van der Waals surface area contributed by atoms with Gasteiger partial charge in [-0.05, 0) is 13.0 Å². The molecule has 1 fully saturated rings. The Balaban J connectivity index is 1.51. The fourth-order valence-corrected chi connectivity index (χ4v) is 3.04. The summed E-state index contributed by atoms with van der Waals surface area (Å²) in [5.41, 5.74) is 2.73. The third-order valence-electron chi connectivity index (χ3n) is 4.32. The van der Waals surface area contributed by atoms with Gasteiger partial charge in [-0.2, -0.15) is 5.10 Å². The second kappa shape index (κ2) is 7.16. The summed E-state index contributed by atoms with van der Waals surface area (Å²) in [5, 5.41) is 7.68. The molecule has 25 heavy (non-hydrogen) atoms. The van der Waals surface area contributed by atoms with Crippen molar-refractivity contribution in [3.8, 4) is 0 Å². The molecule has 4 heterocycles. The predicted molar refractivity (Wildman–Crippen MR) is 93.2 cm³/mol. The molecule has 0 amide bonds. The number of imidazole rings is 1. The standard InChI is InChI=1S/C16H22N8O/c1-2-24-12(3-4-20-24)9-17-10-13-21-15-14(18-11-19-15)16(22-13)23-5-7-25-8-6-23/h3-4,11,17H,2,5-10H2,1H3,(H,18,19,21,22). The molecule has 132 valence electrons. The lowest BCUT2D eigenvalue weighted by molar-refractivity contribution is 0.122. The van der Waals surface area contributed by atoms with Gasteiger partial charge in [-0.1, -0.05) is 0 Å². The van der Waals surface area contributed by atoms with E-state index < -0.39 is 0 Å². The quantitative estimate of drug-likeness (QED) is 0.680. The highest BCUT2D eigenvalue weighted by Crippen LogP contribution is 2.21. The molecule has 1 saturated heterocycles. The van der Waals surface area contributed by atoms with Gasteiger partial charge in [0.2, 0.25) is 0 Å². The van der Waals surface area contributed by atoms with Gasteiger partial charge in [-0.25, -0.2) is 15.0 Å². The van der Waals surface area contributed by atoms with Crippen LogP contribution in [0, 0.1) is 0 Å². The van der Waals surface area contributed by atoms with Crippen molar-refractivity contribution in [1.29, 1.82) is 0 Å². The molecule has 1 aliphatic rings. The zero-order valence-electron chi connectivity index (χ0n) is 14.3. The Hall–Kier alpha value is -2.52. The molecule has 0 spiro atoms. The Bertz CT molecular complexity index is 836. The fourth-order valence-electron chi connectivity index (χ4n) is 3.04. The number of aromatic nitrogens is 6. The molecule has 3 aromatic heterocycles. The Kier molecular flexibility index (Phi) is 4.57. The van der Waals surface area contributed by atoms with Crippen molar-refractivity contribution in [3.63, 3.8) is 0 Å². The van der Waals surface area contributed by atoms with E-state index in [1.54, 1.807) is 6.33 Å². The number of ether oxygens (including phenoxy) is 1. The average Bonchev–Trinajstić information content (AvgIpc) is 3.30. The van der Waals surface area contributed by atoms with E-state index in [1.165, 1.54) is 0 Å². The van der Waals surface area contributed by atoms with Crippen LogP contribution in [0.15, 0.2) is 18.6 Å². The molecule has 0 unspecified atom stereocenters. The second-order valence-electron chi connectivity index (χ2n) is 5.91. The molecule has 4 rings (SSSR count). The van der Waals surface area contributed by atoms with Crippen molar-refractivity contribution in [3.05, 3.63) is 30.1 Å². The summed E-state index contributed by atoms with van der Waals surface area (Å²) in [5.74, 6) is 1.64. The summed E-state index contributed by atoms with van der Waals surface area (Å²) in [6, 6.07) is 2.02. The normalized spacial score (nSPS) is 15.2. The molecule has 9 heteroatoms. The molecular formula is C16H22N8O. The lowest BCUT2D eigenvalue weighted by Gasteiger charge is -2.28. The van der Waals surface area contributed by atoms with Crippen LogP contribution in [0.3, 0.4) is 0 Å². The molecule has 3 aromatic rings. The smallest absolute Gasteiger partial charge is 0.183 e. The monoisotopic (exact) mass is 342 g/mol. The first-order valence-corrected chi connectivity index (χ1v) is 8.59. The van der Waals surface area contributed by atoms with Crippen molar-refractivity contribution in [1.82, 2.24) is 35.0 Å². The third-order valence-corrected chi connectivity index (χ3v) is 4.32. The number of rotatable bonds is 6. The van der Waals surface area contributed by atoms with Crippen LogP contribution >= 0.6 is 0 Å². The predicted octanol–water partition coefficient (Wildman–Crippen LogP) is 0.696. The highest BCUT2D eigenvalue weighted by molar-refractivity contribution is 5.83. The molecule has 0 atom stereocenters. The summed E-state index contributed by atoms with van der Waals surface area (Å²) in [6.07, 6.45) is 3.49. The minimum Gasteiger partial charge on any atom is -0.378 e. The minimum atomic E-state index is 0.578. The molecule has 2 N–H and O–H groups in total. The Labute approximate surface area is 145 Å².